The molecule has 7 nitrogen and oxygen atoms in total. The van der Waals surface area contributed by atoms with Gasteiger partial charge < -0.3 is 19.5 Å². The van der Waals surface area contributed by atoms with Crippen LogP contribution in [0.5, 0.6) is 5.75 Å². The second-order valence-electron chi connectivity index (χ2n) is 6.61. The van der Waals surface area contributed by atoms with Gasteiger partial charge in [-0.25, -0.2) is 4.98 Å². The van der Waals surface area contributed by atoms with E-state index in [1.165, 1.54) is 0 Å². The highest BCUT2D eigenvalue weighted by Crippen LogP contribution is 2.28. The minimum atomic E-state index is -0.293. The van der Waals surface area contributed by atoms with Crippen molar-refractivity contribution in [2.75, 3.05) is 37.7 Å². The van der Waals surface area contributed by atoms with E-state index in [9.17, 15) is 9.59 Å². The van der Waals surface area contributed by atoms with Crippen LogP contribution >= 0.6 is 0 Å². The topological polar surface area (TPSA) is 78.5 Å². The number of aromatic amines is 1. The molecule has 1 aromatic heterocycles. The molecule has 1 amide bonds. The number of hydrogen-bond acceptors (Lipinski definition) is 5. The summed E-state index contributed by atoms with van der Waals surface area (Å²) in [6.07, 6.45) is 0. The van der Waals surface area contributed by atoms with Crippen molar-refractivity contribution in [1.82, 2.24) is 14.9 Å². The Labute approximate surface area is 162 Å². The number of hydrogen-bond donors (Lipinski definition) is 1. The molecule has 3 aromatic rings. The fraction of sp³-hybridized carbons (Fsp3) is 0.286. The number of rotatable bonds is 4. The summed E-state index contributed by atoms with van der Waals surface area (Å²) in [7, 11) is 0. The van der Waals surface area contributed by atoms with Crippen molar-refractivity contribution < 1.29 is 9.53 Å². The van der Waals surface area contributed by atoms with Crippen molar-refractivity contribution in [1.29, 1.82) is 0 Å². The first-order valence-electron chi connectivity index (χ1n) is 9.42. The van der Waals surface area contributed by atoms with Crippen LogP contribution in [0.3, 0.4) is 0 Å². The Balaban J connectivity index is 1.50. The fourth-order valence-corrected chi connectivity index (χ4v) is 3.48. The van der Waals surface area contributed by atoms with E-state index in [1.807, 2.05) is 31.2 Å². The summed E-state index contributed by atoms with van der Waals surface area (Å²) in [4.78, 5) is 36.0. The molecule has 144 valence electrons. The molecule has 0 aliphatic carbocycles. The largest absolute Gasteiger partial charge is 0.492 e. The Kier molecular flexibility index (Phi) is 4.97. The Morgan fingerprint density at radius 1 is 1.07 bits per heavy atom. The third-order valence-corrected chi connectivity index (χ3v) is 4.89. The Bertz CT molecular complexity index is 1050. The lowest BCUT2D eigenvalue weighted by Gasteiger charge is -2.36. The molecule has 4 rings (SSSR count). The Hall–Kier alpha value is -3.35. The van der Waals surface area contributed by atoms with Crippen LogP contribution in [0.1, 0.15) is 17.5 Å². The van der Waals surface area contributed by atoms with Crippen LogP contribution in [0, 0.1) is 0 Å². The number of piperazine rings is 1. The Morgan fingerprint density at radius 3 is 2.57 bits per heavy atom. The summed E-state index contributed by atoms with van der Waals surface area (Å²) >= 11 is 0. The van der Waals surface area contributed by atoms with Gasteiger partial charge in [0.05, 0.1) is 23.2 Å². The lowest BCUT2D eigenvalue weighted by Crippen LogP contribution is -2.49. The van der Waals surface area contributed by atoms with E-state index < -0.39 is 0 Å². The van der Waals surface area contributed by atoms with Crippen molar-refractivity contribution in [3.8, 4) is 5.75 Å². The third-order valence-electron chi connectivity index (χ3n) is 4.89. The number of benzene rings is 2. The van der Waals surface area contributed by atoms with Gasteiger partial charge in [0, 0.05) is 26.2 Å². The summed E-state index contributed by atoms with van der Waals surface area (Å²) in [6, 6.07) is 15.0. The van der Waals surface area contributed by atoms with E-state index in [0.717, 1.165) is 11.4 Å². The predicted octanol–water partition coefficient (Wildman–Crippen LogP) is 2.28. The number of amides is 1. The standard InChI is InChI=1S/C21H22N4O3/c1-2-28-18-10-6-5-9-17(18)24-11-13-25(14-12-24)21(27)19-22-16-8-4-3-7-15(16)20(26)23-19/h3-10H,2,11-14H2,1H3,(H,22,23,26). The van der Waals surface area contributed by atoms with Gasteiger partial charge in [0.2, 0.25) is 0 Å². The van der Waals surface area contributed by atoms with Gasteiger partial charge in [-0.2, -0.15) is 0 Å². The number of fused-ring (bicyclic) bond motifs is 1. The van der Waals surface area contributed by atoms with Crippen molar-refractivity contribution >= 4 is 22.5 Å². The van der Waals surface area contributed by atoms with Gasteiger partial charge >= 0.3 is 0 Å². The smallest absolute Gasteiger partial charge is 0.289 e. The molecule has 2 aromatic carbocycles. The zero-order valence-corrected chi connectivity index (χ0v) is 15.7. The monoisotopic (exact) mass is 378 g/mol. The van der Waals surface area contributed by atoms with Crippen LogP contribution < -0.4 is 15.2 Å². The van der Waals surface area contributed by atoms with Crippen LogP contribution in [-0.4, -0.2) is 53.6 Å². The molecule has 0 saturated carbocycles. The first kappa shape index (κ1) is 18.0. The molecule has 1 aliphatic rings. The molecule has 28 heavy (non-hydrogen) atoms. The highest BCUT2D eigenvalue weighted by Gasteiger charge is 2.25. The first-order valence-corrected chi connectivity index (χ1v) is 9.42. The quantitative estimate of drug-likeness (QED) is 0.754. The highest BCUT2D eigenvalue weighted by molar-refractivity contribution is 5.92. The van der Waals surface area contributed by atoms with Gasteiger partial charge in [0.25, 0.3) is 11.5 Å². The average Bonchev–Trinajstić information content (AvgIpc) is 2.74. The molecule has 2 heterocycles. The van der Waals surface area contributed by atoms with Gasteiger partial charge in [-0.1, -0.05) is 24.3 Å². The zero-order chi connectivity index (χ0) is 19.5. The number of carbonyl (C=O) groups is 1. The van der Waals surface area contributed by atoms with E-state index in [2.05, 4.69) is 14.9 Å². The molecule has 1 fully saturated rings. The van der Waals surface area contributed by atoms with Gasteiger partial charge in [-0.3, -0.25) is 9.59 Å². The summed E-state index contributed by atoms with van der Waals surface area (Å²) in [5.41, 5.74) is 1.27. The van der Waals surface area contributed by atoms with Crippen LogP contribution in [0.2, 0.25) is 0 Å². The molecule has 0 radical (unpaired) electrons. The molecule has 0 bridgehead atoms. The second-order valence-corrected chi connectivity index (χ2v) is 6.61. The number of carbonyl (C=O) groups excluding carboxylic acids is 1. The Morgan fingerprint density at radius 2 is 1.79 bits per heavy atom. The van der Waals surface area contributed by atoms with Crippen molar-refractivity contribution in [3.63, 3.8) is 0 Å². The lowest BCUT2D eigenvalue weighted by atomic mass is 10.2. The summed E-state index contributed by atoms with van der Waals surface area (Å²) in [6.45, 7) is 5.05. The lowest BCUT2D eigenvalue weighted by molar-refractivity contribution is 0.0734. The van der Waals surface area contributed by atoms with E-state index in [1.54, 1.807) is 29.2 Å². The number of para-hydroxylation sites is 3. The van der Waals surface area contributed by atoms with E-state index in [0.29, 0.717) is 43.7 Å². The maximum Gasteiger partial charge on any atom is 0.289 e. The normalized spacial score (nSPS) is 14.3. The fourth-order valence-electron chi connectivity index (χ4n) is 3.48. The van der Waals surface area contributed by atoms with Crippen LogP contribution in [0.15, 0.2) is 53.3 Å². The van der Waals surface area contributed by atoms with E-state index in [-0.39, 0.29) is 17.3 Å². The summed E-state index contributed by atoms with van der Waals surface area (Å²) in [5.74, 6) is 0.692. The minimum Gasteiger partial charge on any atom is -0.492 e. The predicted molar refractivity (Wildman–Crippen MR) is 108 cm³/mol. The second kappa shape index (κ2) is 7.72. The molecular formula is C21H22N4O3. The molecule has 7 heteroatoms. The highest BCUT2D eigenvalue weighted by atomic mass is 16.5. The SMILES string of the molecule is CCOc1ccccc1N1CCN(C(=O)c2nc3ccccc3c(=O)[nH]2)CC1. The van der Waals surface area contributed by atoms with Crippen molar-refractivity contribution in [2.45, 2.75) is 6.92 Å². The summed E-state index contributed by atoms with van der Waals surface area (Å²) < 4.78 is 5.72. The maximum absolute atomic E-state index is 12.9. The number of anilines is 1. The van der Waals surface area contributed by atoms with E-state index >= 15 is 0 Å². The van der Waals surface area contributed by atoms with Crippen LogP contribution in [-0.2, 0) is 0 Å². The molecule has 0 spiro atoms. The number of H-pyrrole nitrogens is 1. The molecule has 1 saturated heterocycles. The average molecular weight is 378 g/mol. The minimum absolute atomic E-state index is 0.0897. The van der Waals surface area contributed by atoms with Gasteiger partial charge in [0.15, 0.2) is 5.82 Å². The summed E-state index contributed by atoms with van der Waals surface area (Å²) in [5, 5.41) is 0.483. The maximum atomic E-state index is 12.9. The van der Waals surface area contributed by atoms with Gasteiger partial charge in [0.1, 0.15) is 5.75 Å². The van der Waals surface area contributed by atoms with Gasteiger partial charge in [-0.15, -0.1) is 0 Å². The van der Waals surface area contributed by atoms with Crippen molar-refractivity contribution in [2.24, 2.45) is 0 Å². The number of aromatic nitrogens is 2. The number of ether oxygens (including phenoxy) is 1. The first-order chi connectivity index (χ1) is 13.7. The molecular weight excluding hydrogens is 356 g/mol. The molecule has 1 N–H and O–H groups in total. The van der Waals surface area contributed by atoms with Crippen LogP contribution in [0.4, 0.5) is 5.69 Å². The molecule has 0 unspecified atom stereocenters. The number of nitrogens with one attached hydrogen (secondary N) is 1. The third kappa shape index (κ3) is 3.43. The molecule has 1 aliphatic heterocycles. The molecule has 0 atom stereocenters. The number of nitrogens with zero attached hydrogens (tertiary/aromatic N) is 3. The van der Waals surface area contributed by atoms with E-state index in [4.69, 9.17) is 4.74 Å². The van der Waals surface area contributed by atoms with Gasteiger partial charge in [-0.05, 0) is 31.2 Å². The van der Waals surface area contributed by atoms with Crippen molar-refractivity contribution in [3.05, 3.63) is 64.7 Å². The zero-order valence-electron chi connectivity index (χ0n) is 15.7. The van der Waals surface area contributed by atoms with Crippen LogP contribution in [0.25, 0.3) is 10.9 Å².